The van der Waals surface area contributed by atoms with E-state index < -0.39 is 62.0 Å². The third-order valence-electron chi connectivity index (χ3n) is 3.20. The predicted molar refractivity (Wildman–Crippen MR) is 52.6 cm³/mol. The Hall–Kier alpha value is -1.48. The van der Waals surface area contributed by atoms with E-state index in [0.29, 0.717) is 4.90 Å². The van der Waals surface area contributed by atoms with Gasteiger partial charge in [0, 0.05) is 19.5 Å². The van der Waals surface area contributed by atoms with Crippen LogP contribution in [0.3, 0.4) is 0 Å². The molecule has 1 unspecified atom stereocenters. The zero-order valence-corrected chi connectivity index (χ0v) is 10.0. The summed E-state index contributed by atoms with van der Waals surface area (Å²) in [6.45, 7) is -1.68. The largest absolute Gasteiger partial charge is 0.481 e. The number of carbonyl (C=O) groups excluding carboxylic acids is 1. The van der Waals surface area contributed by atoms with Gasteiger partial charge < -0.3 is 10.0 Å². The summed E-state index contributed by atoms with van der Waals surface area (Å²) in [6, 6.07) is 0. The van der Waals surface area contributed by atoms with Gasteiger partial charge in [-0.25, -0.2) is 0 Å². The maximum atomic E-state index is 12.8. The maximum absolute atomic E-state index is 12.8. The highest BCUT2D eigenvalue weighted by molar-refractivity contribution is 5.81. The quantitative estimate of drug-likeness (QED) is 0.813. The Bertz CT molecular complexity index is 405. The van der Waals surface area contributed by atoms with Crippen LogP contribution < -0.4 is 0 Å². The van der Waals surface area contributed by atoms with Crippen LogP contribution in [-0.4, -0.2) is 47.3 Å². The van der Waals surface area contributed by atoms with Crippen LogP contribution in [0.2, 0.25) is 0 Å². The summed E-state index contributed by atoms with van der Waals surface area (Å²) in [5, 5.41) is 8.72. The highest BCUT2D eigenvalue weighted by atomic mass is 19.4. The van der Waals surface area contributed by atoms with Crippen molar-refractivity contribution in [3.05, 3.63) is 0 Å². The molecule has 0 aliphatic carbocycles. The van der Waals surface area contributed by atoms with Gasteiger partial charge in [0.2, 0.25) is 5.91 Å². The number of carboxylic acids is 1. The van der Waals surface area contributed by atoms with Gasteiger partial charge in [0.25, 0.3) is 0 Å². The first-order valence-corrected chi connectivity index (χ1v) is 5.54. The lowest BCUT2D eigenvalue weighted by atomic mass is 9.86. The minimum absolute atomic E-state index is 0.521. The van der Waals surface area contributed by atoms with Crippen molar-refractivity contribution in [2.24, 2.45) is 5.41 Å². The number of carboxylic acid groups (broad SMARTS) is 1. The van der Waals surface area contributed by atoms with Crippen LogP contribution in [0.25, 0.3) is 0 Å². The van der Waals surface area contributed by atoms with Gasteiger partial charge in [-0.2, -0.15) is 26.3 Å². The average molecular weight is 307 g/mol. The molecule has 10 heteroatoms. The van der Waals surface area contributed by atoms with Gasteiger partial charge in [-0.05, 0) is 6.42 Å². The molecule has 0 aromatic carbocycles. The summed E-state index contributed by atoms with van der Waals surface area (Å²) in [7, 11) is 0. The van der Waals surface area contributed by atoms with Crippen LogP contribution in [-0.2, 0) is 9.59 Å². The van der Waals surface area contributed by atoms with Crippen molar-refractivity contribution < 1.29 is 41.0 Å². The van der Waals surface area contributed by atoms with Crippen molar-refractivity contribution in [2.75, 3.05) is 13.1 Å². The van der Waals surface area contributed by atoms with Gasteiger partial charge in [-0.1, -0.05) is 0 Å². The van der Waals surface area contributed by atoms with Gasteiger partial charge in [0.05, 0.1) is 6.42 Å². The highest BCUT2D eigenvalue weighted by Gasteiger charge is 2.64. The molecule has 1 amide bonds. The summed E-state index contributed by atoms with van der Waals surface area (Å²) >= 11 is 0. The Morgan fingerprint density at radius 1 is 1.15 bits per heavy atom. The molecule has 1 saturated heterocycles. The van der Waals surface area contributed by atoms with Crippen LogP contribution in [0.15, 0.2) is 0 Å². The third-order valence-corrected chi connectivity index (χ3v) is 3.20. The van der Waals surface area contributed by atoms with Crippen LogP contribution in [0.1, 0.15) is 19.3 Å². The van der Waals surface area contributed by atoms with E-state index in [0.717, 1.165) is 0 Å². The Morgan fingerprint density at radius 2 is 1.70 bits per heavy atom. The van der Waals surface area contributed by atoms with Crippen molar-refractivity contribution in [2.45, 2.75) is 31.6 Å². The van der Waals surface area contributed by atoms with E-state index in [9.17, 15) is 35.9 Å². The van der Waals surface area contributed by atoms with E-state index >= 15 is 0 Å². The van der Waals surface area contributed by atoms with Crippen LogP contribution in [0.4, 0.5) is 26.3 Å². The number of alkyl halides is 6. The number of carbonyl (C=O) groups is 2. The van der Waals surface area contributed by atoms with Gasteiger partial charge in [0.1, 0.15) is 0 Å². The zero-order chi connectivity index (χ0) is 15.8. The number of hydrogen-bond donors (Lipinski definition) is 1. The standard InChI is InChI=1S/C10H11F6NO3/c11-9(12,13)2-1-6(18)17-4-3-8(5-17,7(19)20)10(14,15)16/h1-5H2,(H,19,20). The molecular formula is C10H11F6NO3. The minimum atomic E-state index is -5.07. The number of rotatable bonds is 3. The van der Waals surface area contributed by atoms with Crippen LogP contribution in [0.5, 0.6) is 0 Å². The molecule has 1 heterocycles. The Balaban J connectivity index is 2.75. The second-order valence-corrected chi connectivity index (χ2v) is 4.57. The number of aliphatic carboxylic acids is 1. The molecule has 0 aromatic rings. The molecule has 0 spiro atoms. The number of amides is 1. The topological polar surface area (TPSA) is 57.6 Å². The minimum Gasteiger partial charge on any atom is -0.481 e. The van der Waals surface area contributed by atoms with Gasteiger partial charge >= 0.3 is 18.3 Å². The molecule has 20 heavy (non-hydrogen) atoms. The summed E-state index contributed by atoms with van der Waals surface area (Å²) < 4.78 is 74.1. The number of nitrogens with zero attached hydrogens (tertiary/aromatic N) is 1. The average Bonchev–Trinajstić information content (AvgIpc) is 2.70. The van der Waals surface area contributed by atoms with Crippen molar-refractivity contribution in [3.8, 4) is 0 Å². The van der Waals surface area contributed by atoms with Crippen LogP contribution in [0, 0.1) is 5.41 Å². The lowest BCUT2D eigenvalue weighted by Gasteiger charge is -2.27. The smallest absolute Gasteiger partial charge is 0.406 e. The molecule has 116 valence electrons. The first-order valence-electron chi connectivity index (χ1n) is 5.54. The molecule has 0 bridgehead atoms. The highest BCUT2D eigenvalue weighted by Crippen LogP contribution is 2.45. The lowest BCUT2D eigenvalue weighted by molar-refractivity contribution is -0.227. The van der Waals surface area contributed by atoms with Gasteiger partial charge in [0.15, 0.2) is 5.41 Å². The molecule has 1 aliphatic rings. The fourth-order valence-electron chi connectivity index (χ4n) is 1.96. The second-order valence-electron chi connectivity index (χ2n) is 4.57. The van der Waals surface area contributed by atoms with E-state index in [1.165, 1.54) is 0 Å². The first kappa shape index (κ1) is 16.6. The summed E-state index contributed by atoms with van der Waals surface area (Å²) in [6.07, 6.45) is -13.0. The van der Waals surface area contributed by atoms with Crippen molar-refractivity contribution in [3.63, 3.8) is 0 Å². The van der Waals surface area contributed by atoms with Crippen molar-refractivity contribution in [1.82, 2.24) is 4.90 Å². The Labute approximate surface area is 109 Å². The maximum Gasteiger partial charge on any atom is 0.406 e. The second kappa shape index (κ2) is 5.13. The van der Waals surface area contributed by atoms with Gasteiger partial charge in [-0.15, -0.1) is 0 Å². The molecule has 0 radical (unpaired) electrons. The van der Waals surface area contributed by atoms with E-state index in [2.05, 4.69) is 0 Å². The van der Waals surface area contributed by atoms with Gasteiger partial charge in [-0.3, -0.25) is 9.59 Å². The predicted octanol–water partition coefficient (Wildman–Crippen LogP) is 2.19. The lowest BCUT2D eigenvalue weighted by Crippen LogP contribution is -2.47. The molecule has 0 saturated carbocycles. The molecule has 4 nitrogen and oxygen atoms in total. The SMILES string of the molecule is O=C(CCC(F)(F)F)N1CCC(C(=O)O)(C(F)(F)F)C1. The molecule has 1 rings (SSSR count). The van der Waals surface area contributed by atoms with Crippen molar-refractivity contribution in [1.29, 1.82) is 0 Å². The van der Waals surface area contributed by atoms with Crippen molar-refractivity contribution >= 4 is 11.9 Å². The monoisotopic (exact) mass is 307 g/mol. The third kappa shape index (κ3) is 3.34. The molecule has 1 atom stereocenters. The molecule has 1 N–H and O–H groups in total. The Kier molecular flexibility index (Phi) is 4.25. The number of halogens is 6. The fraction of sp³-hybridized carbons (Fsp3) is 0.800. The van der Waals surface area contributed by atoms with E-state index in [4.69, 9.17) is 5.11 Å². The summed E-state index contributed by atoms with van der Waals surface area (Å²) in [4.78, 5) is 22.7. The molecular weight excluding hydrogens is 296 g/mol. The molecule has 1 aliphatic heterocycles. The van der Waals surface area contributed by atoms with E-state index in [-0.39, 0.29) is 0 Å². The van der Waals surface area contributed by atoms with E-state index in [1.807, 2.05) is 0 Å². The number of hydrogen-bond acceptors (Lipinski definition) is 2. The summed E-state index contributed by atoms with van der Waals surface area (Å²) in [5.41, 5.74) is -3.10. The normalized spacial score (nSPS) is 24.0. The Morgan fingerprint density at radius 3 is 2.05 bits per heavy atom. The van der Waals surface area contributed by atoms with E-state index in [1.54, 1.807) is 0 Å². The number of likely N-dealkylation sites (tertiary alicyclic amines) is 1. The molecule has 1 fully saturated rings. The first-order chi connectivity index (χ1) is 8.89. The summed E-state index contributed by atoms with van der Waals surface area (Å²) in [5.74, 6) is -3.26. The molecule has 0 aromatic heterocycles. The fourth-order valence-corrected chi connectivity index (χ4v) is 1.96. The van der Waals surface area contributed by atoms with Crippen LogP contribution >= 0.6 is 0 Å². The zero-order valence-electron chi connectivity index (χ0n) is 10.0.